The monoisotopic (exact) mass is 265 g/mol. The zero-order valence-corrected chi connectivity index (χ0v) is 11.2. The Morgan fingerprint density at radius 1 is 1.37 bits per heavy atom. The highest BCUT2D eigenvalue weighted by Crippen LogP contribution is 2.16. The lowest BCUT2D eigenvalue weighted by Gasteiger charge is -2.10. The van der Waals surface area contributed by atoms with Gasteiger partial charge in [-0.05, 0) is 24.6 Å². The van der Waals surface area contributed by atoms with E-state index in [2.05, 4.69) is 10.6 Å². The zero-order chi connectivity index (χ0) is 14.3. The van der Waals surface area contributed by atoms with Crippen molar-refractivity contribution in [1.29, 1.82) is 0 Å². The van der Waals surface area contributed by atoms with Gasteiger partial charge in [-0.25, -0.2) is 0 Å². The van der Waals surface area contributed by atoms with Crippen LogP contribution in [0, 0.1) is 6.92 Å². The average Bonchev–Trinajstić information content (AvgIpc) is 2.37. The smallest absolute Gasteiger partial charge is 0.248 e. The van der Waals surface area contributed by atoms with E-state index in [9.17, 15) is 9.59 Å². The third kappa shape index (κ3) is 5.07. The number of carbonyl (C=O) groups is 2. The molecule has 2 amide bonds. The highest BCUT2D eigenvalue weighted by Gasteiger charge is 2.07. The van der Waals surface area contributed by atoms with Crippen molar-refractivity contribution in [1.82, 2.24) is 5.32 Å². The van der Waals surface area contributed by atoms with Crippen LogP contribution in [0.3, 0.4) is 0 Å². The summed E-state index contributed by atoms with van der Waals surface area (Å²) in [5.74, 6) is -0.699. The van der Waals surface area contributed by atoms with Gasteiger partial charge in [0, 0.05) is 24.9 Å². The van der Waals surface area contributed by atoms with Crippen LogP contribution >= 0.6 is 0 Å². The number of rotatable bonds is 7. The summed E-state index contributed by atoms with van der Waals surface area (Å²) >= 11 is 0. The fourth-order valence-electron chi connectivity index (χ4n) is 1.48. The first-order chi connectivity index (χ1) is 9.04. The van der Waals surface area contributed by atoms with Crippen LogP contribution in [0.15, 0.2) is 18.2 Å². The fourth-order valence-corrected chi connectivity index (χ4v) is 1.48. The number of anilines is 1. The third-order valence-corrected chi connectivity index (χ3v) is 2.56. The van der Waals surface area contributed by atoms with Crippen molar-refractivity contribution in [3.05, 3.63) is 29.3 Å². The van der Waals surface area contributed by atoms with Gasteiger partial charge >= 0.3 is 0 Å². The molecule has 0 saturated carbocycles. The number of hydrogen-bond acceptors (Lipinski definition) is 4. The summed E-state index contributed by atoms with van der Waals surface area (Å²) in [7, 11) is 1.60. The summed E-state index contributed by atoms with van der Waals surface area (Å²) in [5, 5.41) is 5.67. The number of primary amides is 1. The van der Waals surface area contributed by atoms with E-state index in [1.165, 1.54) is 0 Å². The van der Waals surface area contributed by atoms with E-state index in [4.69, 9.17) is 10.5 Å². The van der Waals surface area contributed by atoms with Crippen LogP contribution in [0.4, 0.5) is 5.69 Å². The summed E-state index contributed by atoms with van der Waals surface area (Å²) < 4.78 is 4.86. The van der Waals surface area contributed by atoms with Crippen molar-refractivity contribution in [2.45, 2.75) is 6.92 Å². The van der Waals surface area contributed by atoms with E-state index in [0.717, 1.165) is 5.56 Å². The molecular weight excluding hydrogens is 246 g/mol. The molecule has 4 N–H and O–H groups in total. The van der Waals surface area contributed by atoms with Gasteiger partial charge in [0.05, 0.1) is 13.2 Å². The quantitative estimate of drug-likeness (QED) is 0.617. The van der Waals surface area contributed by atoms with Crippen molar-refractivity contribution < 1.29 is 14.3 Å². The van der Waals surface area contributed by atoms with E-state index < -0.39 is 5.91 Å². The maximum Gasteiger partial charge on any atom is 0.248 e. The van der Waals surface area contributed by atoms with Crippen molar-refractivity contribution in [2.24, 2.45) is 5.73 Å². The molecule has 6 nitrogen and oxygen atoms in total. The molecule has 0 bridgehead atoms. The molecule has 0 radical (unpaired) electrons. The number of nitrogens with two attached hydrogens (primary N) is 1. The van der Waals surface area contributed by atoms with Gasteiger partial charge in [-0.1, -0.05) is 6.07 Å². The fraction of sp³-hybridized carbons (Fsp3) is 0.385. The maximum absolute atomic E-state index is 11.7. The summed E-state index contributed by atoms with van der Waals surface area (Å²) in [6, 6.07) is 4.95. The Kier molecular flexibility index (Phi) is 5.98. The van der Waals surface area contributed by atoms with Gasteiger partial charge in [-0.2, -0.15) is 0 Å². The van der Waals surface area contributed by atoms with Gasteiger partial charge in [0.15, 0.2) is 0 Å². The minimum absolute atomic E-state index is 0.180. The molecule has 0 atom stereocenters. The summed E-state index contributed by atoms with van der Waals surface area (Å²) in [6.07, 6.45) is 0. The second kappa shape index (κ2) is 7.50. The number of methoxy groups -OCH3 is 1. The van der Waals surface area contributed by atoms with Gasteiger partial charge < -0.3 is 21.1 Å². The van der Waals surface area contributed by atoms with Gasteiger partial charge in [0.2, 0.25) is 11.8 Å². The zero-order valence-electron chi connectivity index (χ0n) is 11.2. The van der Waals surface area contributed by atoms with Gasteiger partial charge in [0.25, 0.3) is 0 Å². The molecule has 0 fully saturated rings. The highest BCUT2D eigenvalue weighted by molar-refractivity contribution is 5.97. The number of aryl methyl sites for hydroxylation is 1. The Balaban J connectivity index is 2.58. The molecule has 0 unspecified atom stereocenters. The van der Waals surface area contributed by atoms with Crippen LogP contribution in [0.1, 0.15) is 15.9 Å². The van der Waals surface area contributed by atoms with Crippen molar-refractivity contribution in [3.8, 4) is 0 Å². The number of benzene rings is 1. The number of nitrogens with one attached hydrogen (secondary N) is 2. The summed E-state index contributed by atoms with van der Waals surface area (Å²) in [4.78, 5) is 22.8. The molecule has 1 rings (SSSR count). The number of amides is 2. The molecule has 1 aromatic carbocycles. The lowest BCUT2D eigenvalue weighted by atomic mass is 10.1. The average molecular weight is 265 g/mol. The second-order valence-corrected chi connectivity index (χ2v) is 4.11. The Bertz CT molecular complexity index is 460. The predicted molar refractivity (Wildman–Crippen MR) is 73.1 cm³/mol. The first-order valence-corrected chi connectivity index (χ1v) is 5.94. The summed E-state index contributed by atoms with van der Waals surface area (Å²) in [6.45, 7) is 3.18. The molecule has 19 heavy (non-hydrogen) atoms. The lowest BCUT2D eigenvalue weighted by Crippen LogP contribution is -2.30. The van der Waals surface area contributed by atoms with Crippen LogP contribution in [-0.4, -0.2) is 38.6 Å². The molecule has 0 heterocycles. The number of hydrogen-bond donors (Lipinski definition) is 3. The summed E-state index contributed by atoms with van der Waals surface area (Å²) in [5.41, 5.74) is 7.03. The van der Waals surface area contributed by atoms with Crippen LogP contribution in [0.25, 0.3) is 0 Å². The predicted octanol–water partition coefficient (Wildman–Crippen LogP) is 0.268. The molecule has 1 aromatic rings. The van der Waals surface area contributed by atoms with Crippen LogP contribution < -0.4 is 16.4 Å². The molecule has 0 aliphatic heterocycles. The standard InChI is InChI=1S/C13H19N3O3/c1-9-3-4-10(13(14)18)7-11(9)16-12(17)8-15-5-6-19-2/h3-4,7,15H,5-6,8H2,1-2H3,(H2,14,18)(H,16,17). The minimum Gasteiger partial charge on any atom is -0.383 e. The molecule has 104 valence electrons. The van der Waals surface area contributed by atoms with E-state index in [0.29, 0.717) is 24.4 Å². The van der Waals surface area contributed by atoms with E-state index in [1.807, 2.05) is 6.92 Å². The molecule has 6 heteroatoms. The lowest BCUT2D eigenvalue weighted by molar-refractivity contribution is -0.115. The molecule has 0 saturated heterocycles. The second-order valence-electron chi connectivity index (χ2n) is 4.11. The number of ether oxygens (including phenoxy) is 1. The van der Waals surface area contributed by atoms with E-state index >= 15 is 0 Å². The van der Waals surface area contributed by atoms with Crippen molar-refractivity contribution >= 4 is 17.5 Å². The largest absolute Gasteiger partial charge is 0.383 e. The first-order valence-electron chi connectivity index (χ1n) is 5.94. The molecule has 0 spiro atoms. The van der Waals surface area contributed by atoms with E-state index in [1.54, 1.807) is 25.3 Å². The van der Waals surface area contributed by atoms with Crippen molar-refractivity contribution in [2.75, 3.05) is 32.1 Å². The normalized spacial score (nSPS) is 10.2. The Morgan fingerprint density at radius 2 is 2.11 bits per heavy atom. The van der Waals surface area contributed by atoms with Crippen LogP contribution in [0.2, 0.25) is 0 Å². The Morgan fingerprint density at radius 3 is 2.74 bits per heavy atom. The topological polar surface area (TPSA) is 93.4 Å². The van der Waals surface area contributed by atoms with Gasteiger partial charge in [-0.3, -0.25) is 9.59 Å². The van der Waals surface area contributed by atoms with Crippen molar-refractivity contribution in [3.63, 3.8) is 0 Å². The van der Waals surface area contributed by atoms with Crippen LogP contribution in [-0.2, 0) is 9.53 Å². The van der Waals surface area contributed by atoms with Gasteiger partial charge in [0.1, 0.15) is 0 Å². The SMILES string of the molecule is COCCNCC(=O)Nc1cc(C(N)=O)ccc1C. The Hall–Kier alpha value is -1.92. The Labute approximate surface area is 112 Å². The first kappa shape index (κ1) is 15.1. The number of carbonyl (C=O) groups excluding carboxylic acids is 2. The minimum atomic E-state index is -0.520. The van der Waals surface area contributed by atoms with Gasteiger partial charge in [-0.15, -0.1) is 0 Å². The molecule has 0 aliphatic rings. The third-order valence-electron chi connectivity index (χ3n) is 2.56. The maximum atomic E-state index is 11.7. The molecule has 0 aliphatic carbocycles. The van der Waals surface area contributed by atoms with E-state index in [-0.39, 0.29) is 12.5 Å². The molecule has 0 aromatic heterocycles. The molecular formula is C13H19N3O3. The highest BCUT2D eigenvalue weighted by atomic mass is 16.5. The van der Waals surface area contributed by atoms with Crippen LogP contribution in [0.5, 0.6) is 0 Å².